The van der Waals surface area contributed by atoms with Crippen LogP contribution in [-0.2, 0) is 11.3 Å². The molecule has 0 spiro atoms. The Balaban J connectivity index is 1.53. The lowest BCUT2D eigenvalue weighted by Crippen LogP contribution is -2.49. The molecule has 1 aromatic rings. The van der Waals surface area contributed by atoms with Crippen LogP contribution >= 0.6 is 0 Å². The molecule has 0 radical (unpaired) electrons. The second-order valence-corrected chi connectivity index (χ2v) is 6.02. The van der Waals surface area contributed by atoms with E-state index in [1.54, 1.807) is 0 Å². The van der Waals surface area contributed by atoms with Gasteiger partial charge in [0.2, 0.25) is 5.91 Å². The third-order valence-electron chi connectivity index (χ3n) is 4.65. The van der Waals surface area contributed by atoms with Gasteiger partial charge in [0, 0.05) is 24.3 Å². The summed E-state index contributed by atoms with van der Waals surface area (Å²) < 4.78 is 1.36. The van der Waals surface area contributed by atoms with E-state index in [1.807, 2.05) is 0 Å². The number of aromatic nitrogens is 2. The fraction of sp³-hybridized carbons (Fsp3) is 0.643. The molecule has 21 heavy (non-hydrogen) atoms. The third kappa shape index (κ3) is 2.92. The zero-order valence-electron chi connectivity index (χ0n) is 12.0. The number of nitrogens with zero attached hydrogens (tertiary/aromatic N) is 3. The van der Waals surface area contributed by atoms with Crippen LogP contribution in [0.5, 0.6) is 0 Å². The minimum atomic E-state index is -1.03. The molecule has 0 saturated carbocycles. The van der Waals surface area contributed by atoms with Crippen molar-refractivity contribution in [3.63, 3.8) is 0 Å². The Morgan fingerprint density at radius 2 is 2.05 bits per heavy atom. The van der Waals surface area contributed by atoms with E-state index in [2.05, 4.69) is 22.4 Å². The summed E-state index contributed by atoms with van der Waals surface area (Å²) in [5.74, 6) is -1.14. The average molecular weight is 292 g/mol. The highest BCUT2D eigenvalue weighted by molar-refractivity contribution is 5.87. The van der Waals surface area contributed by atoms with Crippen LogP contribution in [0.15, 0.2) is 12.4 Å². The van der Waals surface area contributed by atoms with E-state index >= 15 is 0 Å². The van der Waals surface area contributed by atoms with Gasteiger partial charge in [0.05, 0.1) is 11.8 Å². The number of amides is 1. The standard InChI is InChI=1S/C14H20N4O3/c1-17-11-2-3-12(17)5-10(4-11)16-13(19)8-18-7-9(6-15-18)14(20)21/h6-7,10-12H,2-5,8H2,1H3,(H,16,19)(H,20,21). The smallest absolute Gasteiger partial charge is 0.338 e. The summed E-state index contributed by atoms with van der Waals surface area (Å²) in [6.07, 6.45) is 7.06. The number of carbonyl (C=O) groups is 2. The maximum atomic E-state index is 12.0. The quantitative estimate of drug-likeness (QED) is 0.834. The topological polar surface area (TPSA) is 87.5 Å². The Bertz CT molecular complexity index is 542. The molecule has 3 rings (SSSR count). The lowest BCUT2D eigenvalue weighted by atomic mass is 9.98. The number of fused-ring (bicyclic) bond motifs is 2. The second-order valence-electron chi connectivity index (χ2n) is 6.02. The van der Waals surface area contributed by atoms with Crippen LogP contribution in [-0.4, -0.2) is 56.8 Å². The van der Waals surface area contributed by atoms with Crippen molar-refractivity contribution < 1.29 is 14.7 Å². The van der Waals surface area contributed by atoms with Crippen LogP contribution < -0.4 is 5.32 Å². The summed E-state index contributed by atoms with van der Waals surface area (Å²) in [5.41, 5.74) is 0.0973. The largest absolute Gasteiger partial charge is 0.478 e. The number of aromatic carboxylic acids is 1. The van der Waals surface area contributed by atoms with Gasteiger partial charge in [0.15, 0.2) is 0 Å². The maximum absolute atomic E-state index is 12.0. The van der Waals surface area contributed by atoms with Crippen LogP contribution in [0.2, 0.25) is 0 Å². The van der Waals surface area contributed by atoms with Crippen molar-refractivity contribution in [3.05, 3.63) is 18.0 Å². The highest BCUT2D eigenvalue weighted by Gasteiger charge is 2.38. The van der Waals surface area contributed by atoms with Crippen molar-refractivity contribution in [3.8, 4) is 0 Å². The molecule has 3 heterocycles. The second kappa shape index (κ2) is 5.48. The highest BCUT2D eigenvalue weighted by atomic mass is 16.4. The summed E-state index contributed by atoms with van der Waals surface area (Å²) in [4.78, 5) is 25.2. The maximum Gasteiger partial charge on any atom is 0.338 e. The Kier molecular flexibility index (Phi) is 3.67. The van der Waals surface area contributed by atoms with Crippen LogP contribution in [0.1, 0.15) is 36.0 Å². The first kappa shape index (κ1) is 14.1. The van der Waals surface area contributed by atoms with E-state index in [0.29, 0.717) is 12.1 Å². The summed E-state index contributed by atoms with van der Waals surface area (Å²) in [6.45, 7) is 0.0644. The number of piperidine rings is 1. The summed E-state index contributed by atoms with van der Waals surface area (Å²) >= 11 is 0. The zero-order chi connectivity index (χ0) is 15.0. The fourth-order valence-electron chi connectivity index (χ4n) is 3.51. The van der Waals surface area contributed by atoms with Crippen molar-refractivity contribution in [2.24, 2.45) is 0 Å². The molecule has 1 aromatic heterocycles. The molecule has 114 valence electrons. The van der Waals surface area contributed by atoms with Gasteiger partial charge in [-0.1, -0.05) is 0 Å². The molecule has 2 unspecified atom stereocenters. The molecule has 2 bridgehead atoms. The Morgan fingerprint density at radius 3 is 2.62 bits per heavy atom. The number of carboxylic acid groups (broad SMARTS) is 1. The molecule has 0 aliphatic carbocycles. The van der Waals surface area contributed by atoms with E-state index in [4.69, 9.17) is 5.11 Å². The third-order valence-corrected chi connectivity index (χ3v) is 4.65. The first-order valence-electron chi connectivity index (χ1n) is 7.30. The van der Waals surface area contributed by atoms with Gasteiger partial charge in [0.1, 0.15) is 6.54 Å². The van der Waals surface area contributed by atoms with Crippen molar-refractivity contribution in [2.45, 2.75) is 50.4 Å². The molecular weight excluding hydrogens is 272 g/mol. The van der Waals surface area contributed by atoms with Gasteiger partial charge in [-0.2, -0.15) is 5.10 Å². The van der Waals surface area contributed by atoms with Crippen LogP contribution in [0, 0.1) is 0 Å². The number of hydrogen-bond acceptors (Lipinski definition) is 4. The van der Waals surface area contributed by atoms with Crippen LogP contribution in [0.4, 0.5) is 0 Å². The van der Waals surface area contributed by atoms with Gasteiger partial charge in [-0.3, -0.25) is 9.48 Å². The Labute approximate surface area is 122 Å². The van der Waals surface area contributed by atoms with Crippen LogP contribution in [0.25, 0.3) is 0 Å². The molecule has 2 aliphatic rings. The van der Waals surface area contributed by atoms with Crippen molar-refractivity contribution in [2.75, 3.05) is 7.05 Å². The number of rotatable bonds is 4. The first-order valence-corrected chi connectivity index (χ1v) is 7.30. The lowest BCUT2D eigenvalue weighted by molar-refractivity contribution is -0.123. The van der Waals surface area contributed by atoms with Crippen LogP contribution in [0.3, 0.4) is 0 Å². The summed E-state index contributed by atoms with van der Waals surface area (Å²) in [7, 11) is 2.16. The average Bonchev–Trinajstić information content (AvgIpc) is 2.93. The first-order chi connectivity index (χ1) is 10.0. The van der Waals surface area contributed by atoms with E-state index < -0.39 is 5.97 Å². The monoisotopic (exact) mass is 292 g/mol. The minimum absolute atomic E-state index is 0.0644. The van der Waals surface area contributed by atoms with Gasteiger partial charge >= 0.3 is 5.97 Å². The molecule has 1 amide bonds. The van der Waals surface area contributed by atoms with Gasteiger partial charge < -0.3 is 15.3 Å². The molecule has 2 aliphatic heterocycles. The Hall–Kier alpha value is -1.89. The van der Waals surface area contributed by atoms with Crippen molar-refractivity contribution in [1.29, 1.82) is 0 Å². The molecule has 2 fully saturated rings. The predicted octanol–water partition coefficient (Wildman–Crippen LogP) is 0.323. The van der Waals surface area contributed by atoms with Gasteiger partial charge in [-0.05, 0) is 32.7 Å². The zero-order valence-corrected chi connectivity index (χ0v) is 12.0. The van der Waals surface area contributed by atoms with Gasteiger partial charge in [-0.15, -0.1) is 0 Å². The molecular formula is C14H20N4O3. The van der Waals surface area contributed by atoms with E-state index in [-0.39, 0.29) is 24.1 Å². The predicted molar refractivity (Wildman–Crippen MR) is 74.9 cm³/mol. The number of nitrogens with one attached hydrogen (secondary N) is 1. The van der Waals surface area contributed by atoms with Gasteiger partial charge in [0.25, 0.3) is 0 Å². The molecule has 2 saturated heterocycles. The number of carbonyl (C=O) groups excluding carboxylic acids is 1. The Morgan fingerprint density at radius 1 is 1.38 bits per heavy atom. The number of carboxylic acids is 1. The lowest BCUT2D eigenvalue weighted by Gasteiger charge is -2.36. The normalized spacial score (nSPS) is 28.5. The van der Waals surface area contributed by atoms with Crippen molar-refractivity contribution in [1.82, 2.24) is 20.0 Å². The van der Waals surface area contributed by atoms with Gasteiger partial charge in [-0.25, -0.2) is 4.79 Å². The van der Waals surface area contributed by atoms with Crippen molar-refractivity contribution >= 4 is 11.9 Å². The molecule has 7 nitrogen and oxygen atoms in total. The highest BCUT2D eigenvalue weighted by Crippen LogP contribution is 2.34. The molecule has 2 N–H and O–H groups in total. The molecule has 0 aromatic carbocycles. The van der Waals surface area contributed by atoms with E-state index in [9.17, 15) is 9.59 Å². The summed E-state index contributed by atoms with van der Waals surface area (Å²) in [5, 5.41) is 15.8. The van der Waals surface area contributed by atoms with E-state index in [1.165, 1.54) is 29.9 Å². The summed E-state index contributed by atoms with van der Waals surface area (Å²) in [6, 6.07) is 1.38. The van der Waals surface area contributed by atoms with E-state index in [0.717, 1.165) is 12.8 Å². The molecule has 7 heteroatoms. The minimum Gasteiger partial charge on any atom is -0.478 e. The fourth-order valence-corrected chi connectivity index (χ4v) is 3.51. The SMILES string of the molecule is CN1C2CCC1CC(NC(=O)Cn1cc(C(=O)O)cn1)C2. The number of hydrogen-bond donors (Lipinski definition) is 2. The molecule has 2 atom stereocenters.